The standard InChI is InChI=1S/C19H22F3N3O2S/c20-15-2-5-17(6-3-15)25-12-10-24(11-13-25)9-1-8-23-28(26,27)19-7-4-16(21)14-18(19)22/h2-7,14,23H,1,8-13H2. The largest absolute Gasteiger partial charge is 0.369 e. The second-order valence-corrected chi connectivity index (χ2v) is 8.37. The molecule has 0 radical (unpaired) electrons. The lowest BCUT2D eigenvalue weighted by Crippen LogP contribution is -2.47. The summed E-state index contributed by atoms with van der Waals surface area (Å²) in [5, 5.41) is 0. The van der Waals surface area contributed by atoms with Crippen molar-refractivity contribution in [3.05, 3.63) is 59.9 Å². The number of nitrogens with zero attached hydrogens (tertiary/aromatic N) is 2. The van der Waals surface area contributed by atoms with Gasteiger partial charge in [-0.25, -0.2) is 26.3 Å². The fraction of sp³-hybridized carbons (Fsp3) is 0.368. The highest BCUT2D eigenvalue weighted by atomic mass is 32.2. The van der Waals surface area contributed by atoms with E-state index in [1.165, 1.54) is 12.1 Å². The molecule has 1 saturated heterocycles. The number of hydrogen-bond donors (Lipinski definition) is 1. The predicted molar refractivity (Wildman–Crippen MR) is 101 cm³/mol. The molecule has 2 aromatic carbocycles. The van der Waals surface area contributed by atoms with Crippen LogP contribution in [-0.4, -0.2) is 52.6 Å². The van der Waals surface area contributed by atoms with Crippen molar-refractivity contribution >= 4 is 15.7 Å². The van der Waals surface area contributed by atoms with Crippen LogP contribution >= 0.6 is 0 Å². The van der Waals surface area contributed by atoms with Crippen molar-refractivity contribution in [3.8, 4) is 0 Å². The van der Waals surface area contributed by atoms with Gasteiger partial charge in [-0.05, 0) is 49.4 Å². The van der Waals surface area contributed by atoms with E-state index < -0.39 is 26.6 Å². The van der Waals surface area contributed by atoms with Gasteiger partial charge in [0.1, 0.15) is 22.3 Å². The lowest BCUT2D eigenvalue weighted by Gasteiger charge is -2.36. The number of sulfonamides is 1. The van der Waals surface area contributed by atoms with Gasteiger partial charge in [-0.2, -0.15) is 0 Å². The van der Waals surface area contributed by atoms with Crippen LogP contribution in [0.3, 0.4) is 0 Å². The van der Waals surface area contributed by atoms with Crippen LogP contribution in [0.2, 0.25) is 0 Å². The van der Waals surface area contributed by atoms with E-state index in [0.29, 0.717) is 19.0 Å². The second kappa shape index (κ2) is 8.93. The Balaban J connectivity index is 1.42. The lowest BCUT2D eigenvalue weighted by atomic mass is 10.2. The van der Waals surface area contributed by atoms with E-state index in [1.807, 2.05) is 0 Å². The van der Waals surface area contributed by atoms with Gasteiger partial charge in [0.15, 0.2) is 0 Å². The fourth-order valence-electron chi connectivity index (χ4n) is 3.16. The normalized spacial score (nSPS) is 15.8. The molecule has 1 aliphatic rings. The summed E-state index contributed by atoms with van der Waals surface area (Å²) in [4.78, 5) is 3.84. The topological polar surface area (TPSA) is 52.7 Å². The van der Waals surface area contributed by atoms with Crippen molar-refractivity contribution in [1.82, 2.24) is 9.62 Å². The number of halogens is 3. The number of hydrogen-bond acceptors (Lipinski definition) is 4. The molecule has 3 rings (SSSR count). The van der Waals surface area contributed by atoms with Gasteiger partial charge < -0.3 is 4.90 Å². The smallest absolute Gasteiger partial charge is 0.243 e. The molecule has 2 aromatic rings. The molecule has 0 atom stereocenters. The van der Waals surface area contributed by atoms with Crippen molar-refractivity contribution < 1.29 is 21.6 Å². The molecular formula is C19H22F3N3O2S. The van der Waals surface area contributed by atoms with Crippen molar-refractivity contribution in [3.63, 3.8) is 0 Å². The van der Waals surface area contributed by atoms with Crippen molar-refractivity contribution in [1.29, 1.82) is 0 Å². The minimum absolute atomic E-state index is 0.164. The first-order valence-corrected chi connectivity index (χ1v) is 10.5. The zero-order valence-electron chi connectivity index (χ0n) is 15.2. The first kappa shape index (κ1) is 20.6. The highest BCUT2D eigenvalue weighted by Crippen LogP contribution is 2.17. The summed E-state index contributed by atoms with van der Waals surface area (Å²) in [5.41, 5.74) is 0.982. The predicted octanol–water partition coefficient (Wildman–Crippen LogP) is 2.59. The van der Waals surface area contributed by atoms with Crippen LogP contribution in [0.5, 0.6) is 0 Å². The van der Waals surface area contributed by atoms with Gasteiger partial charge in [0, 0.05) is 44.5 Å². The molecule has 0 spiro atoms. The molecule has 28 heavy (non-hydrogen) atoms. The molecule has 0 amide bonds. The van der Waals surface area contributed by atoms with E-state index >= 15 is 0 Å². The van der Waals surface area contributed by atoms with E-state index in [9.17, 15) is 21.6 Å². The average Bonchev–Trinajstić information content (AvgIpc) is 2.66. The van der Waals surface area contributed by atoms with E-state index in [0.717, 1.165) is 44.0 Å². The van der Waals surface area contributed by atoms with Crippen LogP contribution in [-0.2, 0) is 10.0 Å². The third kappa shape index (κ3) is 5.24. The van der Waals surface area contributed by atoms with Gasteiger partial charge in [-0.15, -0.1) is 0 Å². The molecule has 0 unspecified atom stereocenters. The molecule has 1 N–H and O–H groups in total. The Kier molecular flexibility index (Phi) is 6.58. The van der Waals surface area contributed by atoms with Crippen LogP contribution in [0, 0.1) is 17.5 Å². The Morgan fingerprint density at radius 1 is 0.893 bits per heavy atom. The minimum Gasteiger partial charge on any atom is -0.369 e. The molecule has 9 heteroatoms. The van der Waals surface area contributed by atoms with E-state index in [2.05, 4.69) is 14.5 Å². The van der Waals surface area contributed by atoms with Gasteiger partial charge in [0.2, 0.25) is 10.0 Å². The molecule has 0 aliphatic carbocycles. The highest BCUT2D eigenvalue weighted by molar-refractivity contribution is 7.89. The maximum Gasteiger partial charge on any atom is 0.243 e. The highest BCUT2D eigenvalue weighted by Gasteiger charge is 2.20. The Hall–Kier alpha value is -2.10. The van der Waals surface area contributed by atoms with Gasteiger partial charge >= 0.3 is 0 Å². The number of nitrogens with one attached hydrogen (secondary N) is 1. The summed E-state index contributed by atoms with van der Waals surface area (Å²) in [6, 6.07) is 8.79. The summed E-state index contributed by atoms with van der Waals surface area (Å²) in [7, 11) is -4.01. The van der Waals surface area contributed by atoms with Crippen LogP contribution in [0.1, 0.15) is 6.42 Å². The van der Waals surface area contributed by atoms with Gasteiger partial charge in [0.05, 0.1) is 0 Å². The summed E-state index contributed by atoms with van der Waals surface area (Å²) in [5.74, 6) is -2.19. The molecule has 152 valence electrons. The monoisotopic (exact) mass is 413 g/mol. The Bertz CT molecular complexity index is 899. The molecule has 1 aliphatic heterocycles. The van der Waals surface area contributed by atoms with Crippen LogP contribution < -0.4 is 9.62 Å². The summed E-state index contributed by atoms with van der Waals surface area (Å²) in [6.45, 7) is 4.10. The van der Waals surface area contributed by atoms with Crippen molar-refractivity contribution in [2.24, 2.45) is 0 Å². The van der Waals surface area contributed by atoms with Crippen LogP contribution in [0.4, 0.5) is 18.9 Å². The summed E-state index contributed by atoms with van der Waals surface area (Å²) >= 11 is 0. The zero-order valence-corrected chi connectivity index (χ0v) is 16.1. The average molecular weight is 413 g/mol. The summed E-state index contributed by atoms with van der Waals surface area (Å²) in [6.07, 6.45) is 0.568. The van der Waals surface area contributed by atoms with Gasteiger partial charge in [0.25, 0.3) is 0 Å². The summed E-state index contributed by atoms with van der Waals surface area (Å²) < 4.78 is 66.2. The Morgan fingerprint density at radius 2 is 1.54 bits per heavy atom. The SMILES string of the molecule is O=S(=O)(NCCCN1CCN(c2ccc(F)cc2)CC1)c1ccc(F)cc1F. The van der Waals surface area contributed by atoms with E-state index in [1.54, 1.807) is 12.1 Å². The number of anilines is 1. The number of benzene rings is 2. The second-order valence-electron chi connectivity index (χ2n) is 6.63. The minimum atomic E-state index is -4.01. The Morgan fingerprint density at radius 3 is 2.18 bits per heavy atom. The first-order valence-electron chi connectivity index (χ1n) is 9.03. The van der Waals surface area contributed by atoms with E-state index in [-0.39, 0.29) is 12.4 Å². The molecule has 0 saturated carbocycles. The Labute approximate surface area is 162 Å². The molecule has 1 fully saturated rings. The van der Waals surface area contributed by atoms with Crippen LogP contribution in [0.25, 0.3) is 0 Å². The maximum atomic E-state index is 13.7. The zero-order chi connectivity index (χ0) is 20.1. The molecule has 1 heterocycles. The van der Waals surface area contributed by atoms with Crippen LogP contribution in [0.15, 0.2) is 47.4 Å². The lowest BCUT2D eigenvalue weighted by molar-refractivity contribution is 0.255. The third-order valence-electron chi connectivity index (χ3n) is 4.69. The molecule has 0 bridgehead atoms. The molecular weight excluding hydrogens is 391 g/mol. The number of rotatable bonds is 7. The van der Waals surface area contributed by atoms with Crippen molar-refractivity contribution in [2.75, 3.05) is 44.2 Å². The van der Waals surface area contributed by atoms with Crippen molar-refractivity contribution in [2.45, 2.75) is 11.3 Å². The molecule has 0 aromatic heterocycles. The third-order valence-corrected chi connectivity index (χ3v) is 6.18. The quantitative estimate of drug-likeness (QED) is 0.709. The molecule has 5 nitrogen and oxygen atoms in total. The van der Waals surface area contributed by atoms with Gasteiger partial charge in [-0.1, -0.05) is 0 Å². The van der Waals surface area contributed by atoms with E-state index in [4.69, 9.17) is 0 Å². The van der Waals surface area contributed by atoms with Gasteiger partial charge in [-0.3, -0.25) is 4.90 Å². The maximum absolute atomic E-state index is 13.7. The fourth-order valence-corrected chi connectivity index (χ4v) is 4.29. The first-order chi connectivity index (χ1) is 13.3. The number of piperazine rings is 1.